The first kappa shape index (κ1) is 16.6. The highest BCUT2D eigenvalue weighted by molar-refractivity contribution is 5.97. The van der Waals surface area contributed by atoms with Crippen molar-refractivity contribution in [3.63, 3.8) is 0 Å². The Kier molecular flexibility index (Phi) is 5.23. The zero-order valence-electron chi connectivity index (χ0n) is 14.7. The van der Waals surface area contributed by atoms with Crippen LogP contribution in [-0.2, 0) is 0 Å². The average Bonchev–Trinajstić information content (AvgIpc) is 2.59. The largest absolute Gasteiger partial charge is 0.493 e. The molecule has 0 saturated carbocycles. The first-order valence-electron chi connectivity index (χ1n) is 8.48. The number of nitrogens with zero attached hydrogens (tertiary/aromatic N) is 3. The van der Waals surface area contributed by atoms with E-state index in [1.807, 2.05) is 6.07 Å². The first-order valence-corrected chi connectivity index (χ1v) is 8.48. The van der Waals surface area contributed by atoms with Crippen LogP contribution in [-0.4, -0.2) is 44.4 Å². The van der Waals surface area contributed by atoms with Crippen molar-refractivity contribution in [2.45, 2.75) is 32.1 Å². The molecule has 0 amide bonds. The fourth-order valence-corrected chi connectivity index (χ4v) is 3.36. The molecule has 0 radical (unpaired) electrons. The lowest BCUT2D eigenvalue weighted by Gasteiger charge is -2.27. The van der Waals surface area contributed by atoms with Gasteiger partial charge >= 0.3 is 0 Å². The molecule has 1 aromatic heterocycles. The molecule has 1 aliphatic heterocycles. The third-order valence-corrected chi connectivity index (χ3v) is 4.57. The Labute approximate surface area is 142 Å². The SMILES string of the molecule is COc1cc2c(N3CCCCCCC3)ncnc2c(OC)c1OC. The third kappa shape index (κ3) is 3.05. The standard InChI is InChI=1S/C18H25N3O3/c1-22-14-11-13-15(17(24-3)16(14)23-2)19-12-20-18(13)21-9-7-5-4-6-8-10-21/h11-12H,4-10H2,1-3H3. The highest BCUT2D eigenvalue weighted by Crippen LogP contribution is 2.44. The topological polar surface area (TPSA) is 56.7 Å². The van der Waals surface area contributed by atoms with E-state index in [1.54, 1.807) is 27.7 Å². The highest BCUT2D eigenvalue weighted by Gasteiger charge is 2.21. The van der Waals surface area contributed by atoms with Crippen LogP contribution in [0, 0.1) is 0 Å². The molecule has 0 N–H and O–H groups in total. The lowest BCUT2D eigenvalue weighted by Crippen LogP contribution is -2.28. The Morgan fingerprint density at radius 2 is 1.50 bits per heavy atom. The van der Waals surface area contributed by atoms with Crippen molar-refractivity contribution in [2.24, 2.45) is 0 Å². The summed E-state index contributed by atoms with van der Waals surface area (Å²) in [4.78, 5) is 11.4. The molecule has 0 unspecified atom stereocenters. The molecule has 130 valence electrons. The number of hydrogen-bond acceptors (Lipinski definition) is 6. The second-order valence-electron chi connectivity index (χ2n) is 5.99. The summed E-state index contributed by atoms with van der Waals surface area (Å²) in [5, 5.41) is 0.938. The van der Waals surface area contributed by atoms with E-state index in [0.717, 1.165) is 29.8 Å². The van der Waals surface area contributed by atoms with E-state index in [0.29, 0.717) is 17.2 Å². The van der Waals surface area contributed by atoms with Gasteiger partial charge in [-0.05, 0) is 18.9 Å². The first-order chi connectivity index (χ1) is 11.8. The van der Waals surface area contributed by atoms with Gasteiger partial charge in [0.05, 0.1) is 26.7 Å². The van der Waals surface area contributed by atoms with Gasteiger partial charge in [-0.15, -0.1) is 0 Å². The summed E-state index contributed by atoms with van der Waals surface area (Å²) in [6.45, 7) is 2.03. The highest BCUT2D eigenvalue weighted by atomic mass is 16.5. The summed E-state index contributed by atoms with van der Waals surface area (Å²) >= 11 is 0. The second kappa shape index (κ2) is 7.55. The molecular formula is C18H25N3O3. The van der Waals surface area contributed by atoms with Gasteiger partial charge in [0, 0.05) is 13.1 Å². The molecule has 0 bridgehead atoms. The van der Waals surface area contributed by atoms with Crippen LogP contribution in [0.3, 0.4) is 0 Å². The van der Waals surface area contributed by atoms with Gasteiger partial charge in [-0.25, -0.2) is 9.97 Å². The Balaban J connectivity index is 2.14. The van der Waals surface area contributed by atoms with E-state index >= 15 is 0 Å². The fraction of sp³-hybridized carbons (Fsp3) is 0.556. The molecule has 0 aliphatic carbocycles. The average molecular weight is 331 g/mol. The van der Waals surface area contributed by atoms with Gasteiger partial charge < -0.3 is 19.1 Å². The van der Waals surface area contributed by atoms with Gasteiger partial charge in [0.15, 0.2) is 11.5 Å². The van der Waals surface area contributed by atoms with Crippen molar-refractivity contribution in [1.29, 1.82) is 0 Å². The van der Waals surface area contributed by atoms with E-state index in [9.17, 15) is 0 Å². The minimum absolute atomic E-state index is 0.560. The molecule has 0 atom stereocenters. The minimum Gasteiger partial charge on any atom is -0.493 e. The van der Waals surface area contributed by atoms with Crippen LogP contribution in [0.2, 0.25) is 0 Å². The summed E-state index contributed by atoms with van der Waals surface area (Å²) in [6, 6.07) is 1.95. The van der Waals surface area contributed by atoms with Crippen LogP contribution >= 0.6 is 0 Å². The van der Waals surface area contributed by atoms with Crippen molar-refractivity contribution in [3.05, 3.63) is 12.4 Å². The number of ether oxygens (including phenoxy) is 3. The van der Waals surface area contributed by atoms with E-state index in [-0.39, 0.29) is 0 Å². The molecule has 2 heterocycles. The van der Waals surface area contributed by atoms with E-state index in [4.69, 9.17) is 14.2 Å². The van der Waals surface area contributed by atoms with Gasteiger partial charge in [0.25, 0.3) is 0 Å². The van der Waals surface area contributed by atoms with Gasteiger partial charge in [-0.1, -0.05) is 19.3 Å². The lowest BCUT2D eigenvalue weighted by atomic mass is 10.1. The molecule has 1 aliphatic rings. The molecular weight excluding hydrogens is 306 g/mol. The summed E-state index contributed by atoms with van der Waals surface area (Å²) in [7, 11) is 4.85. The van der Waals surface area contributed by atoms with Crippen LogP contribution in [0.1, 0.15) is 32.1 Å². The maximum Gasteiger partial charge on any atom is 0.205 e. The fourth-order valence-electron chi connectivity index (χ4n) is 3.36. The summed E-state index contributed by atoms with van der Waals surface area (Å²) in [5.41, 5.74) is 0.752. The molecule has 1 saturated heterocycles. The molecule has 2 aromatic rings. The number of anilines is 1. The van der Waals surface area contributed by atoms with Crippen LogP contribution in [0.25, 0.3) is 10.9 Å². The van der Waals surface area contributed by atoms with E-state index in [2.05, 4.69) is 14.9 Å². The Bertz CT molecular complexity index is 697. The van der Waals surface area contributed by atoms with Gasteiger partial charge in [-0.3, -0.25) is 0 Å². The zero-order chi connectivity index (χ0) is 16.9. The number of hydrogen-bond donors (Lipinski definition) is 0. The smallest absolute Gasteiger partial charge is 0.205 e. The predicted octanol–water partition coefficient (Wildman–Crippen LogP) is 3.43. The van der Waals surface area contributed by atoms with Crippen molar-refractivity contribution in [1.82, 2.24) is 9.97 Å². The van der Waals surface area contributed by atoms with Gasteiger partial charge in [0.2, 0.25) is 5.75 Å². The maximum atomic E-state index is 5.57. The second-order valence-corrected chi connectivity index (χ2v) is 5.99. The quantitative estimate of drug-likeness (QED) is 0.855. The molecule has 24 heavy (non-hydrogen) atoms. The number of rotatable bonds is 4. The van der Waals surface area contributed by atoms with Crippen molar-refractivity contribution in [2.75, 3.05) is 39.3 Å². The Morgan fingerprint density at radius 1 is 0.833 bits per heavy atom. The van der Waals surface area contributed by atoms with Crippen LogP contribution < -0.4 is 19.1 Å². The van der Waals surface area contributed by atoms with E-state index < -0.39 is 0 Å². The maximum absolute atomic E-state index is 5.57. The summed E-state index contributed by atoms with van der Waals surface area (Å²) in [5.74, 6) is 2.72. The van der Waals surface area contributed by atoms with Crippen LogP contribution in [0.15, 0.2) is 12.4 Å². The van der Waals surface area contributed by atoms with Crippen LogP contribution in [0.5, 0.6) is 17.2 Å². The molecule has 6 nitrogen and oxygen atoms in total. The van der Waals surface area contributed by atoms with Gasteiger partial charge in [0.1, 0.15) is 17.7 Å². The third-order valence-electron chi connectivity index (χ3n) is 4.57. The van der Waals surface area contributed by atoms with Crippen molar-refractivity contribution < 1.29 is 14.2 Å². The van der Waals surface area contributed by atoms with Crippen LogP contribution in [0.4, 0.5) is 5.82 Å². The molecule has 1 aromatic carbocycles. The van der Waals surface area contributed by atoms with Crippen molar-refractivity contribution in [3.8, 4) is 17.2 Å². The van der Waals surface area contributed by atoms with Gasteiger partial charge in [-0.2, -0.15) is 0 Å². The number of benzene rings is 1. The predicted molar refractivity (Wildman–Crippen MR) is 94.5 cm³/mol. The summed E-state index contributed by atoms with van der Waals surface area (Å²) < 4.78 is 16.5. The molecule has 1 fully saturated rings. The number of methoxy groups -OCH3 is 3. The molecule has 6 heteroatoms. The number of aromatic nitrogens is 2. The Morgan fingerprint density at radius 3 is 2.12 bits per heavy atom. The zero-order valence-corrected chi connectivity index (χ0v) is 14.7. The lowest BCUT2D eigenvalue weighted by molar-refractivity contribution is 0.327. The minimum atomic E-state index is 0.560. The van der Waals surface area contributed by atoms with E-state index in [1.165, 1.54) is 32.1 Å². The summed E-state index contributed by atoms with van der Waals surface area (Å²) in [6.07, 6.45) is 7.87. The molecule has 0 spiro atoms. The normalized spacial score (nSPS) is 15.7. The molecule has 3 rings (SSSR count). The Hall–Kier alpha value is -2.24. The monoisotopic (exact) mass is 331 g/mol. The van der Waals surface area contributed by atoms with Crippen molar-refractivity contribution >= 4 is 16.7 Å². The number of fused-ring (bicyclic) bond motifs is 1.